The van der Waals surface area contributed by atoms with Crippen molar-refractivity contribution in [1.82, 2.24) is 0 Å². The van der Waals surface area contributed by atoms with Crippen LogP contribution in [0.2, 0.25) is 0 Å². The van der Waals surface area contributed by atoms with Crippen molar-refractivity contribution in [2.24, 2.45) is 0 Å². The minimum Gasteiger partial charge on any atom is -0.0839 e. The molecular weight excluding hydrogens is 240 g/mol. The van der Waals surface area contributed by atoms with Gasteiger partial charge in [0, 0.05) is 5.92 Å². The van der Waals surface area contributed by atoms with Crippen LogP contribution in [0.3, 0.4) is 0 Å². The molecule has 0 amide bonds. The molecular formula is C20H18. The van der Waals surface area contributed by atoms with Crippen LogP contribution in [0.5, 0.6) is 0 Å². The summed E-state index contributed by atoms with van der Waals surface area (Å²) < 4.78 is 0. The van der Waals surface area contributed by atoms with E-state index in [-0.39, 0.29) is 0 Å². The van der Waals surface area contributed by atoms with E-state index in [1.54, 1.807) is 0 Å². The van der Waals surface area contributed by atoms with E-state index in [1.807, 2.05) is 0 Å². The SMILES string of the molecule is C1=C\C=C2\C=C/CCCC3C2=C(\C=C/1)c1ccccc13. The lowest BCUT2D eigenvalue weighted by molar-refractivity contribution is 0.667. The van der Waals surface area contributed by atoms with Gasteiger partial charge < -0.3 is 0 Å². The van der Waals surface area contributed by atoms with Gasteiger partial charge in [-0.2, -0.15) is 0 Å². The summed E-state index contributed by atoms with van der Waals surface area (Å²) in [5, 5.41) is 0. The molecule has 3 aliphatic carbocycles. The molecule has 98 valence electrons. The van der Waals surface area contributed by atoms with Gasteiger partial charge in [0.15, 0.2) is 0 Å². The zero-order valence-corrected chi connectivity index (χ0v) is 11.5. The lowest BCUT2D eigenvalue weighted by Gasteiger charge is -2.20. The van der Waals surface area contributed by atoms with Crippen LogP contribution in [0.4, 0.5) is 0 Å². The first kappa shape index (κ1) is 11.7. The first-order chi connectivity index (χ1) is 9.95. The summed E-state index contributed by atoms with van der Waals surface area (Å²) in [6.45, 7) is 0. The van der Waals surface area contributed by atoms with Gasteiger partial charge in [-0.25, -0.2) is 0 Å². The van der Waals surface area contributed by atoms with E-state index < -0.39 is 0 Å². The minimum atomic E-state index is 0.577. The maximum Gasteiger partial charge on any atom is 0.0108 e. The Morgan fingerprint density at radius 1 is 0.950 bits per heavy atom. The van der Waals surface area contributed by atoms with Crippen molar-refractivity contribution < 1.29 is 0 Å². The van der Waals surface area contributed by atoms with Crippen LogP contribution < -0.4 is 0 Å². The molecule has 0 nitrogen and oxygen atoms in total. The van der Waals surface area contributed by atoms with Gasteiger partial charge in [-0.1, -0.05) is 66.8 Å². The second-order valence-electron chi connectivity index (χ2n) is 5.67. The molecule has 4 rings (SSSR count). The van der Waals surface area contributed by atoms with Crippen molar-refractivity contribution in [3.05, 3.63) is 89.1 Å². The Morgan fingerprint density at radius 2 is 1.90 bits per heavy atom. The zero-order chi connectivity index (χ0) is 13.4. The first-order valence-electron chi connectivity index (χ1n) is 7.50. The van der Waals surface area contributed by atoms with Crippen LogP contribution in [0.15, 0.2) is 77.9 Å². The third-order valence-electron chi connectivity index (χ3n) is 4.50. The number of hydrogen-bond donors (Lipinski definition) is 0. The maximum absolute atomic E-state index is 2.33. The van der Waals surface area contributed by atoms with Gasteiger partial charge in [-0.3, -0.25) is 0 Å². The molecule has 1 atom stereocenters. The molecule has 20 heavy (non-hydrogen) atoms. The average Bonchev–Trinajstić information content (AvgIpc) is 2.72. The molecule has 0 fully saturated rings. The second-order valence-corrected chi connectivity index (χ2v) is 5.67. The fourth-order valence-electron chi connectivity index (χ4n) is 3.63. The van der Waals surface area contributed by atoms with E-state index in [2.05, 4.69) is 66.8 Å². The van der Waals surface area contributed by atoms with Gasteiger partial charge in [-0.05, 0) is 47.1 Å². The normalized spacial score (nSPS) is 30.8. The summed E-state index contributed by atoms with van der Waals surface area (Å²) in [5.74, 6) is 0.577. The quantitative estimate of drug-likeness (QED) is 0.590. The fourth-order valence-corrected chi connectivity index (χ4v) is 3.63. The lowest BCUT2D eigenvalue weighted by Crippen LogP contribution is -2.03. The predicted molar refractivity (Wildman–Crippen MR) is 85.5 cm³/mol. The van der Waals surface area contributed by atoms with E-state index in [9.17, 15) is 0 Å². The number of benzene rings is 1. The third kappa shape index (κ3) is 1.76. The Balaban J connectivity index is 1.99. The van der Waals surface area contributed by atoms with Crippen molar-refractivity contribution in [3.8, 4) is 0 Å². The highest BCUT2D eigenvalue weighted by atomic mass is 14.3. The van der Waals surface area contributed by atoms with Gasteiger partial charge in [0.1, 0.15) is 0 Å². The Hall–Kier alpha value is -2.08. The van der Waals surface area contributed by atoms with Gasteiger partial charge in [0.2, 0.25) is 0 Å². The molecule has 0 saturated carbocycles. The highest BCUT2D eigenvalue weighted by Gasteiger charge is 2.31. The van der Waals surface area contributed by atoms with Crippen LogP contribution in [0.25, 0.3) is 5.57 Å². The molecule has 0 N–H and O–H groups in total. The van der Waals surface area contributed by atoms with Crippen LogP contribution >= 0.6 is 0 Å². The summed E-state index contributed by atoms with van der Waals surface area (Å²) in [5.41, 5.74) is 7.29. The molecule has 0 heteroatoms. The molecule has 3 aliphatic rings. The van der Waals surface area contributed by atoms with Gasteiger partial charge >= 0.3 is 0 Å². The second kappa shape index (κ2) is 4.79. The lowest BCUT2D eigenvalue weighted by atomic mass is 9.84. The molecule has 0 heterocycles. The fraction of sp³-hybridized carbons (Fsp3) is 0.200. The van der Waals surface area contributed by atoms with E-state index in [0.29, 0.717) is 5.92 Å². The standard InChI is InChI=1S/C20H18/c1-3-9-15-10-4-2-6-14-19-17-12-8-7-11-16(17)18(13-5-1)20(15)19/h1,3-5,7-13,19H,2,6,14H2/b3-1-,5-1?,9-3?,10-4-,13-5-,15-9-,18-13?,20-15?. The van der Waals surface area contributed by atoms with E-state index in [4.69, 9.17) is 0 Å². The van der Waals surface area contributed by atoms with E-state index in [1.165, 1.54) is 47.1 Å². The van der Waals surface area contributed by atoms with Crippen molar-refractivity contribution in [2.45, 2.75) is 25.2 Å². The number of hydrogen-bond acceptors (Lipinski definition) is 0. The van der Waals surface area contributed by atoms with Crippen molar-refractivity contribution >= 4 is 5.57 Å². The molecule has 1 unspecified atom stereocenters. The van der Waals surface area contributed by atoms with Crippen LogP contribution in [-0.2, 0) is 0 Å². The Morgan fingerprint density at radius 3 is 2.90 bits per heavy atom. The molecule has 1 aromatic carbocycles. The van der Waals surface area contributed by atoms with Gasteiger partial charge in [0.25, 0.3) is 0 Å². The van der Waals surface area contributed by atoms with Gasteiger partial charge in [0.05, 0.1) is 0 Å². The summed E-state index contributed by atoms with van der Waals surface area (Å²) in [6.07, 6.45) is 19.4. The third-order valence-corrected chi connectivity index (χ3v) is 4.50. The highest BCUT2D eigenvalue weighted by Crippen LogP contribution is 2.49. The van der Waals surface area contributed by atoms with E-state index in [0.717, 1.165) is 0 Å². The first-order valence-corrected chi connectivity index (χ1v) is 7.50. The molecule has 0 radical (unpaired) electrons. The molecule has 0 saturated heterocycles. The molecule has 0 bridgehead atoms. The zero-order valence-electron chi connectivity index (χ0n) is 11.5. The number of fused-ring (bicyclic) bond motifs is 3. The van der Waals surface area contributed by atoms with E-state index >= 15 is 0 Å². The van der Waals surface area contributed by atoms with Crippen LogP contribution in [0, 0.1) is 0 Å². The predicted octanol–water partition coefficient (Wildman–Crippen LogP) is 5.33. The van der Waals surface area contributed by atoms with Crippen LogP contribution in [0.1, 0.15) is 36.3 Å². The largest absolute Gasteiger partial charge is 0.0839 e. The Bertz CT molecular complexity index is 693. The number of allylic oxidation sites excluding steroid dienone is 10. The molecule has 1 aromatic rings. The summed E-state index contributed by atoms with van der Waals surface area (Å²) in [7, 11) is 0. The smallest absolute Gasteiger partial charge is 0.0108 e. The van der Waals surface area contributed by atoms with Crippen LogP contribution in [-0.4, -0.2) is 0 Å². The molecule has 0 aliphatic heterocycles. The van der Waals surface area contributed by atoms with Crippen molar-refractivity contribution in [2.75, 3.05) is 0 Å². The van der Waals surface area contributed by atoms with Crippen molar-refractivity contribution in [1.29, 1.82) is 0 Å². The molecule has 0 aromatic heterocycles. The minimum absolute atomic E-state index is 0.577. The average molecular weight is 258 g/mol. The van der Waals surface area contributed by atoms with Gasteiger partial charge in [-0.15, -0.1) is 0 Å². The highest BCUT2D eigenvalue weighted by molar-refractivity contribution is 5.88. The topological polar surface area (TPSA) is 0 Å². The summed E-state index contributed by atoms with van der Waals surface area (Å²) in [4.78, 5) is 0. The Kier molecular flexibility index (Phi) is 2.81. The maximum atomic E-state index is 2.33. The Labute approximate surface area is 120 Å². The number of rotatable bonds is 0. The molecule has 0 spiro atoms. The van der Waals surface area contributed by atoms with Crippen molar-refractivity contribution in [3.63, 3.8) is 0 Å². The summed E-state index contributed by atoms with van der Waals surface area (Å²) in [6, 6.07) is 8.93. The monoisotopic (exact) mass is 258 g/mol. The summed E-state index contributed by atoms with van der Waals surface area (Å²) >= 11 is 0.